The summed E-state index contributed by atoms with van der Waals surface area (Å²) in [5.74, 6) is -1.27. The van der Waals surface area contributed by atoms with Crippen LogP contribution >= 0.6 is 0 Å². The molecule has 1 aromatic heterocycles. The van der Waals surface area contributed by atoms with Crippen molar-refractivity contribution in [2.45, 2.75) is 25.5 Å². The van der Waals surface area contributed by atoms with Crippen molar-refractivity contribution >= 4 is 22.7 Å². The zero-order valence-corrected chi connectivity index (χ0v) is 12.4. The molecule has 0 fully saturated rings. The Labute approximate surface area is 120 Å². The predicted molar refractivity (Wildman–Crippen MR) is 74.9 cm³/mol. The molecule has 1 N–H and O–H groups in total. The highest BCUT2D eigenvalue weighted by atomic mass is 32.2. The molecule has 1 amide bonds. The van der Waals surface area contributed by atoms with Gasteiger partial charge in [0.15, 0.2) is 0 Å². The smallest absolute Gasteiger partial charge is 0.371 e. The maximum absolute atomic E-state index is 11.8. The highest BCUT2D eigenvalue weighted by Crippen LogP contribution is 2.10. The average Bonchev–Trinajstić information content (AvgIpc) is 2.84. The lowest BCUT2D eigenvalue weighted by Gasteiger charge is -2.16. The molecule has 0 bridgehead atoms. The van der Waals surface area contributed by atoms with Crippen molar-refractivity contribution in [1.29, 1.82) is 0 Å². The van der Waals surface area contributed by atoms with Crippen LogP contribution < -0.4 is 0 Å². The van der Waals surface area contributed by atoms with E-state index in [-0.39, 0.29) is 23.2 Å². The van der Waals surface area contributed by atoms with E-state index >= 15 is 0 Å². The molecule has 1 rings (SSSR count). The summed E-state index contributed by atoms with van der Waals surface area (Å²) in [6.45, 7) is 2.68. The first-order valence-electron chi connectivity index (χ1n) is 6.35. The second-order valence-electron chi connectivity index (χ2n) is 4.47. The number of aromatic carboxylic acids is 1. The van der Waals surface area contributed by atoms with Gasteiger partial charge in [-0.15, -0.1) is 0 Å². The van der Waals surface area contributed by atoms with E-state index in [2.05, 4.69) is 0 Å². The van der Waals surface area contributed by atoms with Crippen LogP contribution in [-0.2, 0) is 21.3 Å². The van der Waals surface area contributed by atoms with Gasteiger partial charge in [0.1, 0.15) is 11.5 Å². The lowest BCUT2D eigenvalue weighted by molar-refractivity contribution is -0.127. The average molecular weight is 301 g/mol. The molecule has 1 atom stereocenters. The summed E-state index contributed by atoms with van der Waals surface area (Å²) in [5, 5.41) is 8.70. The van der Waals surface area contributed by atoms with Crippen molar-refractivity contribution in [1.82, 2.24) is 4.90 Å². The van der Waals surface area contributed by atoms with Crippen LogP contribution in [0.4, 0.5) is 0 Å². The summed E-state index contributed by atoms with van der Waals surface area (Å²) in [4.78, 5) is 24.0. The molecular formula is C13H19NO5S. The van der Waals surface area contributed by atoms with Crippen molar-refractivity contribution in [2.24, 2.45) is 0 Å². The fraction of sp³-hybridized carbons (Fsp3) is 0.538. The van der Waals surface area contributed by atoms with Crippen LogP contribution in [0.3, 0.4) is 0 Å². The van der Waals surface area contributed by atoms with Gasteiger partial charge in [0.2, 0.25) is 11.7 Å². The van der Waals surface area contributed by atoms with Crippen molar-refractivity contribution in [3.63, 3.8) is 0 Å². The van der Waals surface area contributed by atoms with Crippen LogP contribution in [-0.4, -0.2) is 45.4 Å². The van der Waals surface area contributed by atoms with Crippen LogP contribution in [0, 0.1) is 0 Å². The second kappa shape index (κ2) is 7.84. The normalized spacial score (nSPS) is 12.1. The molecule has 6 nitrogen and oxygen atoms in total. The fourth-order valence-electron chi connectivity index (χ4n) is 1.55. The van der Waals surface area contributed by atoms with Crippen molar-refractivity contribution in [3.05, 3.63) is 23.7 Å². The highest BCUT2D eigenvalue weighted by molar-refractivity contribution is 7.84. The quantitative estimate of drug-likeness (QED) is 0.786. The Balaban J connectivity index is 2.46. The Morgan fingerprint density at radius 1 is 1.40 bits per heavy atom. The van der Waals surface area contributed by atoms with E-state index in [1.54, 1.807) is 11.9 Å². The Kier molecular flexibility index (Phi) is 6.44. The van der Waals surface area contributed by atoms with Crippen LogP contribution in [0.1, 0.15) is 36.1 Å². The fourth-order valence-corrected chi connectivity index (χ4v) is 2.62. The van der Waals surface area contributed by atoms with Crippen molar-refractivity contribution in [2.75, 3.05) is 19.3 Å². The molecule has 1 heterocycles. The Morgan fingerprint density at radius 3 is 2.65 bits per heavy atom. The van der Waals surface area contributed by atoms with E-state index < -0.39 is 16.8 Å². The molecule has 0 aliphatic rings. The van der Waals surface area contributed by atoms with Gasteiger partial charge in [0, 0.05) is 24.4 Å². The largest absolute Gasteiger partial charge is 0.475 e. The third-order valence-electron chi connectivity index (χ3n) is 2.73. The maximum Gasteiger partial charge on any atom is 0.371 e. The molecular weight excluding hydrogens is 282 g/mol. The molecule has 0 saturated heterocycles. The van der Waals surface area contributed by atoms with Gasteiger partial charge in [0.25, 0.3) is 0 Å². The SMILES string of the molecule is CCCCN(C)C(=O)CS(=O)Cc1ccc(C(=O)O)o1. The van der Waals surface area contributed by atoms with Gasteiger partial charge in [0.05, 0.1) is 5.75 Å². The van der Waals surface area contributed by atoms with E-state index in [1.807, 2.05) is 6.92 Å². The minimum absolute atomic E-state index is 0.0423. The van der Waals surface area contributed by atoms with Gasteiger partial charge in [-0.25, -0.2) is 4.79 Å². The van der Waals surface area contributed by atoms with Gasteiger partial charge in [-0.1, -0.05) is 13.3 Å². The molecule has 112 valence electrons. The van der Waals surface area contributed by atoms with Crippen LogP contribution in [0.15, 0.2) is 16.5 Å². The zero-order chi connectivity index (χ0) is 15.1. The number of carboxylic acid groups (broad SMARTS) is 1. The number of carboxylic acids is 1. The van der Waals surface area contributed by atoms with Gasteiger partial charge in [-0.3, -0.25) is 9.00 Å². The molecule has 7 heteroatoms. The van der Waals surface area contributed by atoms with E-state index in [0.29, 0.717) is 12.3 Å². The van der Waals surface area contributed by atoms with Gasteiger partial charge in [-0.2, -0.15) is 0 Å². The van der Waals surface area contributed by atoms with E-state index in [0.717, 1.165) is 12.8 Å². The van der Waals surface area contributed by atoms with Gasteiger partial charge < -0.3 is 14.4 Å². The van der Waals surface area contributed by atoms with Crippen LogP contribution in [0.2, 0.25) is 0 Å². The molecule has 0 aliphatic carbocycles. The number of hydrogen-bond donors (Lipinski definition) is 1. The Morgan fingerprint density at radius 2 is 2.10 bits per heavy atom. The lowest BCUT2D eigenvalue weighted by Crippen LogP contribution is -2.31. The third kappa shape index (κ3) is 5.16. The number of unbranched alkanes of at least 4 members (excludes halogenated alkanes) is 1. The summed E-state index contributed by atoms with van der Waals surface area (Å²) in [5.41, 5.74) is 0. The van der Waals surface area contributed by atoms with E-state index in [9.17, 15) is 13.8 Å². The first-order chi connectivity index (χ1) is 9.43. The number of amides is 1. The minimum Gasteiger partial charge on any atom is -0.475 e. The Hall–Kier alpha value is -1.63. The van der Waals surface area contributed by atoms with E-state index in [4.69, 9.17) is 9.52 Å². The summed E-state index contributed by atoms with van der Waals surface area (Å²) in [7, 11) is 0.280. The van der Waals surface area contributed by atoms with Crippen molar-refractivity contribution in [3.8, 4) is 0 Å². The number of carbonyl (C=O) groups excluding carboxylic acids is 1. The van der Waals surface area contributed by atoms with Crippen LogP contribution in [0.5, 0.6) is 0 Å². The third-order valence-corrected chi connectivity index (χ3v) is 3.91. The summed E-state index contributed by atoms with van der Waals surface area (Å²) < 4.78 is 16.8. The number of rotatable bonds is 8. The number of carbonyl (C=O) groups is 2. The first kappa shape index (κ1) is 16.4. The zero-order valence-electron chi connectivity index (χ0n) is 11.6. The standard InChI is InChI=1S/C13H19NO5S/c1-3-4-7-14(2)12(15)9-20(18)8-10-5-6-11(19-10)13(16)17/h5-6H,3-4,7-9H2,1-2H3,(H,16,17). The topological polar surface area (TPSA) is 87.8 Å². The molecule has 20 heavy (non-hydrogen) atoms. The number of furan rings is 1. The molecule has 0 radical (unpaired) electrons. The monoisotopic (exact) mass is 301 g/mol. The predicted octanol–water partition coefficient (Wildman–Crippen LogP) is 1.49. The molecule has 0 aromatic carbocycles. The summed E-state index contributed by atoms with van der Waals surface area (Å²) in [6.07, 6.45) is 1.90. The minimum atomic E-state index is -1.40. The number of nitrogens with zero attached hydrogens (tertiary/aromatic N) is 1. The van der Waals surface area contributed by atoms with Crippen LogP contribution in [0.25, 0.3) is 0 Å². The summed E-state index contributed by atoms with van der Waals surface area (Å²) in [6, 6.07) is 2.77. The molecule has 0 spiro atoms. The van der Waals surface area contributed by atoms with Gasteiger partial charge >= 0.3 is 5.97 Å². The number of hydrogen-bond acceptors (Lipinski definition) is 4. The van der Waals surface area contributed by atoms with E-state index in [1.165, 1.54) is 12.1 Å². The van der Waals surface area contributed by atoms with Crippen molar-refractivity contribution < 1.29 is 23.3 Å². The summed E-state index contributed by atoms with van der Waals surface area (Å²) >= 11 is 0. The molecule has 1 aromatic rings. The molecule has 0 aliphatic heterocycles. The second-order valence-corrected chi connectivity index (χ2v) is 5.93. The highest BCUT2D eigenvalue weighted by Gasteiger charge is 2.15. The lowest BCUT2D eigenvalue weighted by atomic mass is 10.3. The molecule has 0 saturated carbocycles. The molecule has 1 unspecified atom stereocenters. The van der Waals surface area contributed by atoms with Gasteiger partial charge in [-0.05, 0) is 18.6 Å². The maximum atomic E-state index is 11.8. The first-order valence-corrected chi connectivity index (χ1v) is 7.83. The Bertz CT molecular complexity index is 497.